The van der Waals surface area contributed by atoms with Gasteiger partial charge in [0.15, 0.2) is 0 Å². The number of halogens is 1. The van der Waals surface area contributed by atoms with Gasteiger partial charge >= 0.3 is 5.97 Å². The number of hydrogen-bond donors (Lipinski definition) is 0. The molecule has 0 heterocycles. The monoisotopic (exact) mass is 276 g/mol. The Bertz CT molecular complexity index is 224. The van der Waals surface area contributed by atoms with Crippen LogP contribution in [0, 0.1) is 0 Å². The van der Waals surface area contributed by atoms with Crippen molar-refractivity contribution in [2.75, 3.05) is 6.61 Å². The lowest BCUT2D eigenvalue weighted by molar-refractivity contribution is -0.137. The Morgan fingerprint density at radius 3 is 2.24 bits per heavy atom. The summed E-state index contributed by atoms with van der Waals surface area (Å²) in [7, 11) is -1.35. The summed E-state index contributed by atoms with van der Waals surface area (Å²) < 4.78 is 4.89. The zero-order valence-electron chi connectivity index (χ0n) is 11.1. The van der Waals surface area contributed by atoms with Crippen molar-refractivity contribution >= 4 is 24.4 Å². The quantitative estimate of drug-likeness (QED) is 0.193. The van der Waals surface area contributed by atoms with Crippen LogP contribution in [0.5, 0.6) is 0 Å². The van der Waals surface area contributed by atoms with E-state index in [1.807, 2.05) is 0 Å². The van der Waals surface area contributed by atoms with Crippen LogP contribution in [0.1, 0.15) is 38.5 Å². The molecule has 0 bridgehead atoms. The van der Waals surface area contributed by atoms with Crippen LogP contribution in [0.4, 0.5) is 0 Å². The Morgan fingerprint density at radius 1 is 1.18 bits per heavy atom. The minimum Gasteiger partial charge on any atom is -0.463 e. The van der Waals surface area contributed by atoms with E-state index in [1.165, 1.54) is 37.8 Å². The zero-order valence-corrected chi connectivity index (χ0v) is 12.9. The highest BCUT2D eigenvalue weighted by Gasteiger charge is 2.15. The molecule has 0 aliphatic rings. The third-order valence-electron chi connectivity index (χ3n) is 2.58. The van der Waals surface area contributed by atoms with Crippen molar-refractivity contribution in [2.24, 2.45) is 0 Å². The maximum Gasteiger partial charge on any atom is 0.330 e. The molecule has 0 rings (SSSR count). The van der Waals surface area contributed by atoms with Crippen LogP contribution in [0.15, 0.2) is 12.7 Å². The van der Waals surface area contributed by atoms with Crippen LogP contribution < -0.4 is 0 Å². The Balaban J connectivity index is 3.14. The summed E-state index contributed by atoms with van der Waals surface area (Å²) in [6, 6.07) is 1.21. The van der Waals surface area contributed by atoms with Crippen molar-refractivity contribution in [1.82, 2.24) is 0 Å². The van der Waals surface area contributed by atoms with Crippen LogP contribution in [0.2, 0.25) is 19.1 Å². The number of carbonyl (C=O) groups is 1. The highest BCUT2D eigenvalue weighted by molar-refractivity contribution is 7.19. The van der Waals surface area contributed by atoms with E-state index in [2.05, 4.69) is 19.7 Å². The lowest BCUT2D eigenvalue weighted by Crippen LogP contribution is -2.14. The molecule has 0 amide bonds. The molecule has 2 nitrogen and oxygen atoms in total. The Labute approximate surface area is 111 Å². The lowest BCUT2D eigenvalue weighted by atomic mass is 10.1. The predicted octanol–water partition coefficient (Wildman–Crippen LogP) is 4.50. The fraction of sp³-hybridized carbons (Fsp3) is 0.769. The van der Waals surface area contributed by atoms with Gasteiger partial charge in [0, 0.05) is 6.08 Å². The first-order valence-corrected chi connectivity index (χ1v) is 10.7. The van der Waals surface area contributed by atoms with Crippen LogP contribution in [0.3, 0.4) is 0 Å². The number of ether oxygens (including phenoxy) is 1. The van der Waals surface area contributed by atoms with E-state index < -0.39 is 7.38 Å². The summed E-state index contributed by atoms with van der Waals surface area (Å²) in [5, 5.41) is 0. The average molecular weight is 277 g/mol. The van der Waals surface area contributed by atoms with Crippen molar-refractivity contribution in [3.63, 3.8) is 0 Å². The highest BCUT2D eigenvalue weighted by atomic mass is 35.6. The maximum absolute atomic E-state index is 10.7. The molecule has 4 heteroatoms. The first-order chi connectivity index (χ1) is 7.95. The summed E-state index contributed by atoms with van der Waals surface area (Å²) >= 11 is 6.24. The molecule has 0 aromatic heterocycles. The van der Waals surface area contributed by atoms with Crippen LogP contribution >= 0.6 is 11.1 Å². The molecule has 100 valence electrons. The first kappa shape index (κ1) is 16.7. The summed E-state index contributed by atoms with van der Waals surface area (Å²) in [5.74, 6) is -0.320. The SMILES string of the molecule is C=CC(=O)OCCCCCCCC[Si](C)(C)Cl. The molecule has 0 N–H and O–H groups in total. The number of carbonyl (C=O) groups excluding carboxylic acids is 1. The summed E-state index contributed by atoms with van der Waals surface area (Å²) in [6.45, 7) is 8.26. The Kier molecular flexibility index (Phi) is 9.56. The molecule has 0 saturated heterocycles. The molecule has 0 aromatic carbocycles. The molecule has 0 unspecified atom stereocenters. The maximum atomic E-state index is 10.7. The molecule has 0 atom stereocenters. The van der Waals surface area contributed by atoms with E-state index in [0.29, 0.717) is 6.61 Å². The lowest BCUT2D eigenvalue weighted by Gasteiger charge is -2.11. The van der Waals surface area contributed by atoms with E-state index in [9.17, 15) is 4.79 Å². The molecular weight excluding hydrogens is 252 g/mol. The summed E-state index contributed by atoms with van der Waals surface area (Å²) in [6.07, 6.45) is 8.30. The standard InChI is InChI=1S/C13H25ClO2Si/c1-4-13(15)16-11-9-7-5-6-8-10-12-17(2,3)14/h4H,1,5-12H2,2-3H3. The molecule has 0 aliphatic carbocycles. The van der Waals surface area contributed by atoms with E-state index in [-0.39, 0.29) is 5.97 Å². The summed E-state index contributed by atoms with van der Waals surface area (Å²) in [5.41, 5.74) is 0. The fourth-order valence-corrected chi connectivity index (χ4v) is 3.08. The molecular formula is C13H25ClO2Si. The first-order valence-electron chi connectivity index (χ1n) is 6.44. The molecule has 0 aliphatic heterocycles. The van der Waals surface area contributed by atoms with Gasteiger partial charge in [-0.25, -0.2) is 4.79 Å². The van der Waals surface area contributed by atoms with Crippen molar-refractivity contribution in [3.05, 3.63) is 12.7 Å². The number of unbranched alkanes of at least 4 members (excludes halogenated alkanes) is 5. The molecule has 0 aromatic rings. The normalized spacial score (nSPS) is 11.2. The van der Waals surface area contributed by atoms with E-state index in [1.54, 1.807) is 0 Å². The van der Waals surface area contributed by atoms with Crippen LogP contribution in [-0.4, -0.2) is 20.0 Å². The van der Waals surface area contributed by atoms with E-state index in [4.69, 9.17) is 15.8 Å². The highest BCUT2D eigenvalue weighted by Crippen LogP contribution is 2.19. The Hall–Kier alpha value is -0.283. The molecule has 0 spiro atoms. The van der Waals surface area contributed by atoms with Gasteiger partial charge in [-0.1, -0.05) is 51.8 Å². The minimum atomic E-state index is -1.35. The van der Waals surface area contributed by atoms with Crippen molar-refractivity contribution < 1.29 is 9.53 Å². The van der Waals surface area contributed by atoms with E-state index in [0.717, 1.165) is 12.8 Å². The van der Waals surface area contributed by atoms with Gasteiger partial charge in [-0.2, -0.15) is 11.1 Å². The fourth-order valence-electron chi connectivity index (χ4n) is 1.59. The van der Waals surface area contributed by atoms with Crippen molar-refractivity contribution in [1.29, 1.82) is 0 Å². The van der Waals surface area contributed by atoms with Gasteiger partial charge in [-0.3, -0.25) is 0 Å². The van der Waals surface area contributed by atoms with Gasteiger partial charge in [-0.05, 0) is 12.5 Å². The minimum absolute atomic E-state index is 0.320. The van der Waals surface area contributed by atoms with Crippen molar-refractivity contribution in [3.8, 4) is 0 Å². The molecule has 0 fully saturated rings. The number of hydrogen-bond acceptors (Lipinski definition) is 2. The molecule has 17 heavy (non-hydrogen) atoms. The second-order valence-electron chi connectivity index (χ2n) is 4.96. The van der Waals surface area contributed by atoms with Crippen LogP contribution in [-0.2, 0) is 9.53 Å². The summed E-state index contributed by atoms with van der Waals surface area (Å²) in [4.78, 5) is 10.7. The van der Waals surface area contributed by atoms with Crippen molar-refractivity contribution in [2.45, 2.75) is 57.7 Å². The van der Waals surface area contributed by atoms with Crippen LogP contribution in [0.25, 0.3) is 0 Å². The second-order valence-corrected chi connectivity index (χ2v) is 12.0. The van der Waals surface area contributed by atoms with Gasteiger partial charge < -0.3 is 4.74 Å². The zero-order chi connectivity index (χ0) is 13.1. The van der Waals surface area contributed by atoms with E-state index >= 15 is 0 Å². The molecule has 0 radical (unpaired) electrons. The van der Waals surface area contributed by atoms with Gasteiger partial charge in [0.1, 0.15) is 7.38 Å². The van der Waals surface area contributed by atoms with Gasteiger partial charge in [0.25, 0.3) is 0 Å². The predicted molar refractivity (Wildman–Crippen MR) is 77.0 cm³/mol. The second kappa shape index (κ2) is 9.72. The topological polar surface area (TPSA) is 26.3 Å². The van der Waals surface area contributed by atoms with Gasteiger partial charge in [0.2, 0.25) is 0 Å². The number of rotatable bonds is 10. The largest absolute Gasteiger partial charge is 0.463 e. The third kappa shape index (κ3) is 13.7. The third-order valence-corrected chi connectivity index (χ3v) is 4.69. The smallest absolute Gasteiger partial charge is 0.330 e. The Morgan fingerprint density at radius 2 is 1.71 bits per heavy atom. The van der Waals surface area contributed by atoms with Gasteiger partial charge in [0.05, 0.1) is 6.61 Å². The van der Waals surface area contributed by atoms with Gasteiger partial charge in [-0.15, -0.1) is 0 Å². The number of esters is 1. The average Bonchev–Trinajstić information content (AvgIpc) is 2.25. The molecule has 0 saturated carbocycles.